The van der Waals surface area contributed by atoms with Crippen LogP contribution in [0, 0.1) is 28.1 Å². The summed E-state index contributed by atoms with van der Waals surface area (Å²) < 4.78 is 11.3. The lowest BCUT2D eigenvalue weighted by Gasteiger charge is -2.22. The van der Waals surface area contributed by atoms with Crippen molar-refractivity contribution in [1.29, 1.82) is 10.5 Å². The van der Waals surface area contributed by atoms with Gasteiger partial charge in [-0.05, 0) is 56.0 Å². The SMILES string of the molecule is [2H][C@@](Nc1cc(Cl)c2ncc(C#N)c(NCC(C)(C)C)c2c1)(c1cccc(C#N)c1)c1cn(C(C)(C)C)nn1. The van der Waals surface area contributed by atoms with Gasteiger partial charge in [0.15, 0.2) is 0 Å². The molecule has 2 aromatic carbocycles. The number of hydrogen-bond donors (Lipinski definition) is 2. The molecule has 0 aliphatic carbocycles. The second-order valence-corrected chi connectivity index (χ2v) is 11.7. The Hall–Kier alpha value is -4.14. The van der Waals surface area contributed by atoms with E-state index >= 15 is 0 Å². The van der Waals surface area contributed by atoms with E-state index in [0.29, 0.717) is 56.2 Å². The van der Waals surface area contributed by atoms with Crippen molar-refractivity contribution in [2.75, 3.05) is 17.2 Å². The maximum Gasteiger partial charge on any atom is 0.109 e. The number of nitriles is 2. The molecule has 0 saturated heterocycles. The van der Waals surface area contributed by atoms with Gasteiger partial charge in [0.05, 0.1) is 52.5 Å². The van der Waals surface area contributed by atoms with Gasteiger partial charge in [-0.2, -0.15) is 10.5 Å². The summed E-state index contributed by atoms with van der Waals surface area (Å²) in [4.78, 5) is 4.43. The molecule has 38 heavy (non-hydrogen) atoms. The molecular formula is C29H31ClN8. The van der Waals surface area contributed by atoms with Crippen LogP contribution in [0.3, 0.4) is 0 Å². The zero-order valence-electron chi connectivity index (χ0n) is 23.4. The summed E-state index contributed by atoms with van der Waals surface area (Å²) in [5.41, 5.74) is 2.97. The van der Waals surface area contributed by atoms with Crippen molar-refractivity contribution in [2.45, 2.75) is 53.1 Å². The van der Waals surface area contributed by atoms with Gasteiger partial charge in [-0.25, -0.2) is 4.68 Å². The lowest BCUT2D eigenvalue weighted by molar-refractivity contribution is 0.347. The molecule has 8 nitrogen and oxygen atoms in total. The molecular weight excluding hydrogens is 496 g/mol. The Morgan fingerprint density at radius 3 is 2.50 bits per heavy atom. The van der Waals surface area contributed by atoms with Gasteiger partial charge in [-0.15, -0.1) is 5.10 Å². The van der Waals surface area contributed by atoms with E-state index in [2.05, 4.69) is 58.8 Å². The number of pyridine rings is 1. The largest absolute Gasteiger partial charge is 0.383 e. The van der Waals surface area contributed by atoms with Gasteiger partial charge in [0.25, 0.3) is 0 Å². The molecule has 194 valence electrons. The Bertz CT molecular complexity index is 1620. The van der Waals surface area contributed by atoms with Crippen molar-refractivity contribution in [3.8, 4) is 12.1 Å². The average Bonchev–Trinajstić information content (AvgIpc) is 3.39. The van der Waals surface area contributed by atoms with E-state index in [1.54, 1.807) is 41.2 Å². The predicted molar refractivity (Wildman–Crippen MR) is 151 cm³/mol. The van der Waals surface area contributed by atoms with Crippen molar-refractivity contribution >= 4 is 33.9 Å². The maximum absolute atomic E-state index is 9.79. The second kappa shape index (κ2) is 10.3. The fraction of sp³-hybridized carbons (Fsp3) is 0.345. The molecule has 2 heterocycles. The molecule has 0 aliphatic heterocycles. The minimum Gasteiger partial charge on any atom is -0.383 e. The van der Waals surface area contributed by atoms with Crippen LogP contribution in [0.1, 0.15) is 71.3 Å². The molecule has 1 atom stereocenters. The number of halogens is 1. The van der Waals surface area contributed by atoms with Gasteiger partial charge in [0.1, 0.15) is 11.8 Å². The van der Waals surface area contributed by atoms with E-state index in [4.69, 9.17) is 11.6 Å². The quantitative estimate of drug-likeness (QED) is 0.289. The topological polar surface area (TPSA) is 115 Å². The molecule has 0 radical (unpaired) electrons. The molecule has 2 aromatic heterocycles. The zero-order valence-corrected chi connectivity index (χ0v) is 23.1. The van der Waals surface area contributed by atoms with Crippen molar-refractivity contribution in [1.82, 2.24) is 20.0 Å². The predicted octanol–water partition coefficient (Wildman–Crippen LogP) is 6.64. The van der Waals surface area contributed by atoms with E-state index in [1.807, 2.05) is 26.8 Å². The minimum absolute atomic E-state index is 0.0387. The van der Waals surface area contributed by atoms with Crippen molar-refractivity contribution < 1.29 is 1.37 Å². The van der Waals surface area contributed by atoms with Gasteiger partial charge in [0.2, 0.25) is 0 Å². The van der Waals surface area contributed by atoms with E-state index < -0.39 is 6.02 Å². The first-order valence-electron chi connectivity index (χ1n) is 12.7. The highest BCUT2D eigenvalue weighted by Crippen LogP contribution is 2.36. The Morgan fingerprint density at radius 1 is 1.11 bits per heavy atom. The van der Waals surface area contributed by atoms with Crippen LogP contribution in [0.4, 0.5) is 11.4 Å². The van der Waals surface area contributed by atoms with Crippen molar-refractivity contribution in [2.24, 2.45) is 5.41 Å². The summed E-state index contributed by atoms with van der Waals surface area (Å²) in [6.45, 7) is 12.9. The summed E-state index contributed by atoms with van der Waals surface area (Å²) >= 11 is 6.70. The lowest BCUT2D eigenvalue weighted by Crippen LogP contribution is -2.22. The van der Waals surface area contributed by atoms with Crippen LogP contribution in [0.5, 0.6) is 0 Å². The molecule has 0 saturated carbocycles. The first kappa shape index (κ1) is 25.5. The van der Waals surface area contributed by atoms with Gasteiger partial charge >= 0.3 is 0 Å². The molecule has 0 amide bonds. The average molecular weight is 528 g/mol. The van der Waals surface area contributed by atoms with E-state index in [1.165, 1.54) is 6.20 Å². The van der Waals surface area contributed by atoms with Crippen LogP contribution in [0.25, 0.3) is 10.9 Å². The minimum atomic E-state index is -1.62. The molecule has 9 heteroatoms. The Balaban J connectivity index is 1.90. The second-order valence-electron chi connectivity index (χ2n) is 11.3. The van der Waals surface area contributed by atoms with Gasteiger partial charge in [0, 0.05) is 23.8 Å². The van der Waals surface area contributed by atoms with Crippen molar-refractivity contribution in [3.05, 3.63) is 76.2 Å². The first-order valence-corrected chi connectivity index (χ1v) is 12.6. The number of nitrogens with zero attached hydrogens (tertiary/aromatic N) is 6. The van der Waals surface area contributed by atoms with Gasteiger partial charge < -0.3 is 10.6 Å². The number of nitrogens with one attached hydrogen (secondary N) is 2. The Morgan fingerprint density at radius 2 is 1.87 bits per heavy atom. The number of hydrogen-bond acceptors (Lipinski definition) is 7. The molecule has 0 fully saturated rings. The summed E-state index contributed by atoms with van der Waals surface area (Å²) in [6, 6.07) is 13.1. The normalized spacial score (nSPS) is 13.8. The molecule has 4 rings (SSSR count). The lowest BCUT2D eigenvalue weighted by atomic mass is 9.96. The molecule has 0 spiro atoms. The monoisotopic (exact) mass is 527 g/mol. The van der Waals surface area contributed by atoms with Crippen LogP contribution in [0.15, 0.2) is 48.8 Å². The van der Waals surface area contributed by atoms with E-state index in [0.717, 1.165) is 0 Å². The van der Waals surface area contributed by atoms with E-state index in [9.17, 15) is 11.9 Å². The molecule has 0 aliphatic rings. The van der Waals surface area contributed by atoms with Crippen LogP contribution in [-0.4, -0.2) is 26.5 Å². The first-order chi connectivity index (χ1) is 18.2. The summed E-state index contributed by atoms with van der Waals surface area (Å²) in [6.07, 6.45) is 3.24. The van der Waals surface area contributed by atoms with E-state index in [-0.39, 0.29) is 11.0 Å². The number of rotatable bonds is 6. The number of anilines is 2. The third-order valence-electron chi connectivity index (χ3n) is 5.83. The van der Waals surface area contributed by atoms with Crippen LogP contribution >= 0.6 is 11.6 Å². The zero-order chi connectivity index (χ0) is 28.6. The Kier molecular flexibility index (Phi) is 6.93. The summed E-state index contributed by atoms with van der Waals surface area (Å²) in [7, 11) is 0. The third kappa shape index (κ3) is 5.88. The highest BCUT2D eigenvalue weighted by molar-refractivity contribution is 6.35. The number of aromatic nitrogens is 4. The number of fused-ring (bicyclic) bond motifs is 1. The van der Waals surface area contributed by atoms with Crippen LogP contribution in [0.2, 0.25) is 5.02 Å². The summed E-state index contributed by atoms with van der Waals surface area (Å²) in [5.74, 6) is 0. The highest BCUT2D eigenvalue weighted by atomic mass is 35.5. The maximum atomic E-state index is 9.79. The molecule has 0 bridgehead atoms. The van der Waals surface area contributed by atoms with Crippen molar-refractivity contribution in [3.63, 3.8) is 0 Å². The smallest absolute Gasteiger partial charge is 0.109 e. The molecule has 4 aromatic rings. The molecule has 2 N–H and O–H groups in total. The third-order valence-corrected chi connectivity index (χ3v) is 6.12. The number of benzene rings is 2. The van der Waals surface area contributed by atoms with Gasteiger partial charge in [-0.1, -0.05) is 49.7 Å². The Labute approximate surface area is 229 Å². The van der Waals surface area contributed by atoms with Crippen LogP contribution in [-0.2, 0) is 5.54 Å². The summed E-state index contributed by atoms with van der Waals surface area (Å²) in [5, 5.41) is 35.7. The fourth-order valence-corrected chi connectivity index (χ4v) is 4.11. The van der Waals surface area contributed by atoms with Crippen LogP contribution < -0.4 is 10.6 Å². The van der Waals surface area contributed by atoms with Gasteiger partial charge in [-0.3, -0.25) is 4.98 Å². The molecule has 0 unspecified atom stereocenters. The standard InChI is InChI=1S/C29H31ClN8/c1-28(2,3)17-34-25-20(14-32)15-33-27-22(25)11-21(12-23(27)30)35-26(19-9-7-8-18(10-19)13-31)24-16-38(37-36-24)29(4,5)6/h7-12,15-16,26,35H,17H2,1-6H3,(H,33,34)/t26-/m1/s1/i26D. The highest BCUT2D eigenvalue weighted by Gasteiger charge is 2.23. The fourth-order valence-electron chi connectivity index (χ4n) is 3.84.